The summed E-state index contributed by atoms with van der Waals surface area (Å²) in [7, 11) is -1.88. The molecule has 0 heterocycles. The van der Waals surface area contributed by atoms with Crippen molar-refractivity contribution in [2.75, 3.05) is 6.61 Å². The molecule has 0 bridgehead atoms. The van der Waals surface area contributed by atoms with Crippen LogP contribution in [0.5, 0.6) is 0 Å². The van der Waals surface area contributed by atoms with E-state index in [2.05, 4.69) is 92.5 Å². The van der Waals surface area contributed by atoms with Crippen LogP contribution in [0.4, 0.5) is 0 Å². The maximum atomic E-state index is 6.90. The fraction of sp³-hybridized carbons (Fsp3) is 0.636. The number of rotatable bonds is 6. The standard InChI is InChI=1S/C22H35OSi.2ClH.Ti/c1-8-9-16-23-22(24(6,7)19-12-10-11-13-19)15-14-18(2)17-20(22)21(3,4)5;;;/h10,12,14,17H,8-9,11,15-16H2,1-7H3;2*1H;/q;;;+2/p-2. The molecule has 0 aromatic carbocycles. The maximum Gasteiger partial charge on any atom is -1.00 e. The molecule has 0 aliphatic heterocycles. The summed E-state index contributed by atoms with van der Waals surface area (Å²) in [5.74, 6) is 0. The summed E-state index contributed by atoms with van der Waals surface area (Å²) < 4.78 is 8.46. The van der Waals surface area contributed by atoms with Gasteiger partial charge in [0.2, 0.25) is 0 Å². The topological polar surface area (TPSA) is 9.23 Å². The van der Waals surface area contributed by atoms with Gasteiger partial charge in [-0.15, -0.1) is 0 Å². The Bertz CT molecular complexity index is 641. The van der Waals surface area contributed by atoms with E-state index in [9.17, 15) is 0 Å². The van der Waals surface area contributed by atoms with Crippen LogP contribution in [0.25, 0.3) is 0 Å². The third-order valence-corrected chi connectivity index (χ3v) is 11.4. The van der Waals surface area contributed by atoms with Gasteiger partial charge < -0.3 is 24.8 Å². The largest absolute Gasteiger partial charge is 1.00 e. The molecule has 1 atom stereocenters. The zero-order valence-corrected chi connectivity index (χ0v) is 22.1. The molecule has 0 saturated heterocycles. The van der Waals surface area contributed by atoms with E-state index in [0.29, 0.717) is 0 Å². The molecule has 0 N–H and O–H groups in total. The molecule has 1 unspecified atom stereocenters. The molecule has 0 amide bonds. The number of allylic oxidation sites excluding steroid dienone is 6. The zero-order chi connectivity index (χ0) is 18.9. The van der Waals surface area contributed by atoms with Gasteiger partial charge in [-0.2, -0.15) is 0 Å². The van der Waals surface area contributed by atoms with Crippen LogP contribution in [0.1, 0.15) is 60.3 Å². The van der Waals surface area contributed by atoms with Crippen LogP contribution in [-0.4, -0.2) is 19.9 Å². The number of hydrogen-bond acceptors (Lipinski definition) is 1. The first-order chi connectivity index (χ1) is 11.6. The smallest absolute Gasteiger partial charge is 1.00 e. The fourth-order valence-electron chi connectivity index (χ4n) is 4.25. The summed E-state index contributed by atoms with van der Waals surface area (Å²) in [5, 5.41) is 1.47. The molecule has 1 nitrogen and oxygen atoms in total. The molecule has 0 aromatic rings. The summed E-state index contributed by atoms with van der Waals surface area (Å²) in [4.78, 5) is 0. The van der Waals surface area contributed by atoms with Gasteiger partial charge in [0.15, 0.2) is 0 Å². The Balaban J connectivity index is 0.00000338. The zero-order valence-electron chi connectivity index (χ0n) is 18.0. The molecule has 2 aliphatic rings. The number of unbranched alkanes of at least 4 members (excludes halogenated alkanes) is 1. The molecule has 0 fully saturated rings. The van der Waals surface area contributed by atoms with Crippen molar-refractivity contribution in [3.63, 3.8) is 0 Å². The van der Waals surface area contributed by atoms with Crippen molar-refractivity contribution >= 4 is 8.07 Å². The summed E-state index contributed by atoms with van der Waals surface area (Å²) in [6.45, 7) is 17.5. The summed E-state index contributed by atoms with van der Waals surface area (Å²) in [6, 6.07) is 0. The first-order valence-corrected chi connectivity index (χ1v) is 13.5. The Morgan fingerprint density at radius 3 is 2.33 bits per heavy atom. The molecule has 2 aliphatic carbocycles. The van der Waals surface area contributed by atoms with Crippen molar-refractivity contribution in [2.24, 2.45) is 5.41 Å². The van der Waals surface area contributed by atoms with Gasteiger partial charge in [-0.25, -0.2) is 0 Å². The van der Waals surface area contributed by atoms with Crippen LogP contribution >= 0.6 is 0 Å². The van der Waals surface area contributed by atoms with Gasteiger partial charge in [0.05, 0.1) is 0 Å². The van der Waals surface area contributed by atoms with Crippen LogP contribution in [0.15, 0.2) is 44.5 Å². The predicted molar refractivity (Wildman–Crippen MR) is 108 cm³/mol. The van der Waals surface area contributed by atoms with Gasteiger partial charge in [-0.3, -0.25) is 0 Å². The van der Waals surface area contributed by atoms with Crippen molar-refractivity contribution in [1.29, 1.82) is 0 Å². The third-order valence-electron chi connectivity index (χ3n) is 5.79. The average Bonchev–Trinajstić information content (AvgIpc) is 2.94. The van der Waals surface area contributed by atoms with E-state index in [1.165, 1.54) is 17.6 Å². The quantitative estimate of drug-likeness (QED) is 0.411. The Labute approximate surface area is 192 Å². The Morgan fingerprint density at radius 1 is 1.22 bits per heavy atom. The van der Waals surface area contributed by atoms with Crippen molar-refractivity contribution in [3.8, 4) is 0 Å². The molecular weight excluding hydrogens is 427 g/mol. The Hall–Kier alpha value is 0.431. The van der Waals surface area contributed by atoms with Gasteiger partial charge in [0, 0.05) is 0 Å². The predicted octanol–water partition coefficient (Wildman–Crippen LogP) is 0.420. The second-order valence-corrected chi connectivity index (χ2v) is 14.7. The molecule has 0 saturated carbocycles. The minimum absolute atomic E-state index is 0. The maximum absolute atomic E-state index is 6.90. The number of halogens is 2. The van der Waals surface area contributed by atoms with E-state index in [-0.39, 0.29) is 35.5 Å². The second-order valence-electron chi connectivity index (χ2n) is 9.11. The molecule has 27 heavy (non-hydrogen) atoms. The summed E-state index contributed by atoms with van der Waals surface area (Å²) in [6.07, 6.45) is 14.0. The van der Waals surface area contributed by atoms with Crippen molar-refractivity contribution in [2.45, 2.75) is 78.6 Å². The molecule has 0 aromatic heterocycles. The van der Waals surface area contributed by atoms with Crippen molar-refractivity contribution < 1.29 is 50.0 Å². The van der Waals surface area contributed by atoms with E-state index in [4.69, 9.17) is 4.74 Å². The van der Waals surface area contributed by atoms with Gasteiger partial charge in [0.25, 0.3) is 0 Å². The molecule has 5 heteroatoms. The fourth-order valence-corrected chi connectivity index (χ4v) is 10.0. The monoisotopic (exact) mass is 461 g/mol. The average molecular weight is 462 g/mol. The molecule has 0 radical (unpaired) electrons. The molecular formula is C22H35Cl2OSiTi. The van der Waals surface area contributed by atoms with E-state index in [1.54, 1.807) is 9.07 Å². The molecule has 0 spiro atoms. The first-order valence-electron chi connectivity index (χ1n) is 9.71. The first kappa shape index (κ1) is 27.4. The summed E-state index contributed by atoms with van der Waals surface area (Å²) in [5.41, 5.74) is 3.01. The van der Waals surface area contributed by atoms with E-state index in [0.717, 1.165) is 25.9 Å². The van der Waals surface area contributed by atoms with E-state index >= 15 is 0 Å². The molecule has 2 rings (SSSR count). The van der Waals surface area contributed by atoms with Gasteiger partial charge in [-0.05, 0) is 0 Å². The van der Waals surface area contributed by atoms with Gasteiger partial charge >= 0.3 is 168 Å². The van der Waals surface area contributed by atoms with E-state index < -0.39 is 8.07 Å². The number of hydrogen-bond donors (Lipinski definition) is 0. The van der Waals surface area contributed by atoms with Crippen molar-refractivity contribution in [1.82, 2.24) is 0 Å². The van der Waals surface area contributed by atoms with Crippen LogP contribution < -0.4 is 24.8 Å². The Morgan fingerprint density at radius 2 is 1.85 bits per heavy atom. The van der Waals surface area contributed by atoms with E-state index in [1.807, 2.05) is 0 Å². The summed E-state index contributed by atoms with van der Waals surface area (Å²) >= 11 is 2.31. The van der Waals surface area contributed by atoms with Crippen LogP contribution in [0.3, 0.4) is 0 Å². The molecule has 151 valence electrons. The second kappa shape index (κ2) is 10.5. The third kappa shape index (κ3) is 5.53. The Kier molecular flexibility index (Phi) is 10.6. The van der Waals surface area contributed by atoms with Gasteiger partial charge in [0.1, 0.15) is 0 Å². The SMILES string of the molecule is CCCCOC1([Si](C)(C)C2=[C]([Ti+2])CC=C2)CC=C(C)C=C1C(C)(C)C.[Cl-].[Cl-]. The van der Waals surface area contributed by atoms with Crippen LogP contribution in [-0.2, 0) is 25.2 Å². The normalized spacial score (nSPS) is 22.9. The minimum Gasteiger partial charge on any atom is -1.00 e. The van der Waals surface area contributed by atoms with Crippen LogP contribution in [0, 0.1) is 5.41 Å². The minimum atomic E-state index is -1.88. The number of ether oxygens (including phenoxy) is 1. The van der Waals surface area contributed by atoms with Crippen molar-refractivity contribution in [3.05, 3.63) is 44.5 Å². The van der Waals surface area contributed by atoms with Crippen LogP contribution in [0.2, 0.25) is 13.1 Å². The van der Waals surface area contributed by atoms with Gasteiger partial charge in [-0.1, -0.05) is 0 Å².